The Bertz CT molecular complexity index is 379. The van der Waals surface area contributed by atoms with E-state index in [2.05, 4.69) is 0 Å². The molecule has 0 aliphatic heterocycles. The Balaban J connectivity index is 3.47. The molecule has 0 radical (unpaired) electrons. The van der Waals surface area contributed by atoms with E-state index in [4.69, 9.17) is 21.6 Å². The summed E-state index contributed by atoms with van der Waals surface area (Å²) in [6, 6.07) is 1.95. The number of rotatable bonds is 1. The minimum Gasteiger partial charge on any atom is -0.423 e. The van der Waals surface area contributed by atoms with Gasteiger partial charge in [0.2, 0.25) is 0 Å². The van der Waals surface area contributed by atoms with Gasteiger partial charge < -0.3 is 10.0 Å². The molecular formula is C8H7BClF3O2. The highest BCUT2D eigenvalue weighted by Crippen LogP contribution is 2.30. The van der Waals surface area contributed by atoms with Crippen molar-refractivity contribution < 1.29 is 23.2 Å². The monoisotopic (exact) mass is 238 g/mol. The molecular weight excluding hydrogens is 231 g/mol. The summed E-state index contributed by atoms with van der Waals surface area (Å²) in [7, 11) is -2.24. The Morgan fingerprint density at radius 2 is 1.80 bits per heavy atom. The third-order valence-corrected chi connectivity index (χ3v) is 2.44. The van der Waals surface area contributed by atoms with Crippen molar-refractivity contribution in [2.75, 3.05) is 0 Å². The van der Waals surface area contributed by atoms with Crippen LogP contribution in [0.3, 0.4) is 0 Å². The van der Waals surface area contributed by atoms with E-state index in [0.717, 1.165) is 6.07 Å². The van der Waals surface area contributed by atoms with E-state index >= 15 is 0 Å². The zero-order valence-electron chi connectivity index (χ0n) is 7.64. The van der Waals surface area contributed by atoms with Crippen LogP contribution in [-0.4, -0.2) is 17.2 Å². The lowest BCUT2D eigenvalue weighted by Crippen LogP contribution is -2.37. The molecule has 0 spiro atoms. The average molecular weight is 238 g/mol. The number of aryl methyl sites for hydroxylation is 1. The van der Waals surface area contributed by atoms with Crippen molar-refractivity contribution in [1.82, 2.24) is 0 Å². The van der Waals surface area contributed by atoms with Crippen LogP contribution >= 0.6 is 11.6 Å². The maximum atomic E-state index is 12.4. The molecule has 15 heavy (non-hydrogen) atoms. The van der Waals surface area contributed by atoms with Crippen LogP contribution in [0.25, 0.3) is 0 Å². The highest BCUT2D eigenvalue weighted by molar-refractivity contribution is 6.63. The standard InChI is InChI=1S/C8H7BClF3O2/c1-4-2-3-5(8(11,12)13)6(7(4)10)9(14)15/h2-3,14-15H,1H3. The maximum Gasteiger partial charge on any atom is 0.490 e. The predicted octanol–water partition coefficient (Wildman–Crippen LogP) is 1.35. The summed E-state index contributed by atoms with van der Waals surface area (Å²) >= 11 is 5.58. The van der Waals surface area contributed by atoms with Gasteiger partial charge in [0.1, 0.15) is 0 Å². The van der Waals surface area contributed by atoms with Crippen LogP contribution in [0.2, 0.25) is 5.02 Å². The molecule has 0 atom stereocenters. The van der Waals surface area contributed by atoms with Gasteiger partial charge in [-0.2, -0.15) is 13.2 Å². The van der Waals surface area contributed by atoms with Gasteiger partial charge in [0.25, 0.3) is 0 Å². The van der Waals surface area contributed by atoms with E-state index in [9.17, 15) is 13.2 Å². The first-order valence-electron chi connectivity index (χ1n) is 3.97. The van der Waals surface area contributed by atoms with Gasteiger partial charge in [-0.25, -0.2) is 0 Å². The van der Waals surface area contributed by atoms with Crippen molar-refractivity contribution in [1.29, 1.82) is 0 Å². The lowest BCUT2D eigenvalue weighted by molar-refractivity contribution is -0.136. The van der Waals surface area contributed by atoms with Gasteiger partial charge in [-0.1, -0.05) is 17.7 Å². The molecule has 0 saturated carbocycles. The van der Waals surface area contributed by atoms with Gasteiger partial charge in [0, 0.05) is 10.5 Å². The second-order valence-corrected chi connectivity index (χ2v) is 3.41. The quantitative estimate of drug-likeness (QED) is 0.725. The van der Waals surface area contributed by atoms with Crippen molar-refractivity contribution >= 4 is 24.2 Å². The summed E-state index contributed by atoms with van der Waals surface area (Å²) in [5.74, 6) is 0. The van der Waals surface area contributed by atoms with Crippen LogP contribution in [0.1, 0.15) is 11.1 Å². The molecule has 1 rings (SSSR count). The lowest BCUT2D eigenvalue weighted by atomic mass is 9.76. The fourth-order valence-electron chi connectivity index (χ4n) is 1.20. The molecule has 0 aliphatic rings. The molecule has 1 aromatic rings. The third kappa shape index (κ3) is 2.45. The minimum atomic E-state index is -4.66. The highest BCUT2D eigenvalue weighted by atomic mass is 35.5. The first-order chi connectivity index (χ1) is 6.75. The van der Waals surface area contributed by atoms with Crippen LogP contribution in [0.4, 0.5) is 13.2 Å². The van der Waals surface area contributed by atoms with E-state index < -0.39 is 24.3 Å². The SMILES string of the molecule is Cc1ccc(C(F)(F)F)c(B(O)O)c1Cl. The van der Waals surface area contributed by atoms with Crippen molar-refractivity contribution in [3.05, 3.63) is 28.3 Å². The Labute approximate surface area is 89.4 Å². The number of hydrogen-bond acceptors (Lipinski definition) is 2. The van der Waals surface area contributed by atoms with Gasteiger partial charge in [-0.3, -0.25) is 0 Å². The second kappa shape index (κ2) is 4.04. The first kappa shape index (κ1) is 12.4. The predicted molar refractivity (Wildman–Crippen MR) is 51.0 cm³/mol. The van der Waals surface area contributed by atoms with E-state index in [-0.39, 0.29) is 5.02 Å². The van der Waals surface area contributed by atoms with E-state index in [1.54, 1.807) is 0 Å². The summed E-state index contributed by atoms with van der Waals surface area (Å²) in [5, 5.41) is 17.4. The van der Waals surface area contributed by atoms with Gasteiger partial charge >= 0.3 is 13.3 Å². The normalized spacial score (nSPS) is 11.7. The van der Waals surface area contributed by atoms with Crippen LogP contribution in [0, 0.1) is 6.92 Å². The van der Waals surface area contributed by atoms with Gasteiger partial charge in [-0.15, -0.1) is 0 Å². The van der Waals surface area contributed by atoms with Crippen molar-refractivity contribution in [2.24, 2.45) is 0 Å². The number of benzene rings is 1. The van der Waals surface area contributed by atoms with Gasteiger partial charge in [-0.05, 0) is 18.6 Å². The van der Waals surface area contributed by atoms with Crippen LogP contribution in [-0.2, 0) is 6.18 Å². The zero-order chi connectivity index (χ0) is 11.8. The molecule has 0 aliphatic carbocycles. The van der Waals surface area contributed by atoms with Crippen LogP contribution < -0.4 is 5.46 Å². The molecule has 0 amide bonds. The largest absolute Gasteiger partial charge is 0.490 e. The topological polar surface area (TPSA) is 40.5 Å². The summed E-state index contributed by atoms with van der Waals surface area (Å²) in [5.41, 5.74) is -1.48. The summed E-state index contributed by atoms with van der Waals surface area (Å²) in [6.45, 7) is 1.48. The van der Waals surface area contributed by atoms with E-state index in [1.165, 1.54) is 13.0 Å². The molecule has 2 nitrogen and oxygen atoms in total. The average Bonchev–Trinajstić information content (AvgIpc) is 2.06. The van der Waals surface area contributed by atoms with E-state index in [1.807, 2.05) is 0 Å². The van der Waals surface area contributed by atoms with Gasteiger partial charge in [0.15, 0.2) is 0 Å². The van der Waals surface area contributed by atoms with Crippen molar-refractivity contribution in [3.8, 4) is 0 Å². The molecule has 82 valence electrons. The van der Waals surface area contributed by atoms with E-state index in [0.29, 0.717) is 5.56 Å². The molecule has 0 bridgehead atoms. The Morgan fingerprint density at radius 1 is 1.27 bits per heavy atom. The Morgan fingerprint density at radius 3 is 2.20 bits per heavy atom. The zero-order valence-corrected chi connectivity index (χ0v) is 8.39. The molecule has 0 heterocycles. The Kier molecular flexibility index (Phi) is 3.33. The lowest BCUT2D eigenvalue weighted by Gasteiger charge is -2.15. The molecule has 0 fully saturated rings. The minimum absolute atomic E-state index is 0.278. The molecule has 2 N–H and O–H groups in total. The van der Waals surface area contributed by atoms with Crippen molar-refractivity contribution in [3.63, 3.8) is 0 Å². The maximum absolute atomic E-state index is 12.4. The smallest absolute Gasteiger partial charge is 0.423 e. The van der Waals surface area contributed by atoms with Gasteiger partial charge in [0.05, 0.1) is 5.56 Å². The molecule has 0 aromatic heterocycles. The number of hydrogen-bond donors (Lipinski definition) is 2. The molecule has 1 aromatic carbocycles. The molecule has 0 unspecified atom stereocenters. The van der Waals surface area contributed by atoms with Crippen molar-refractivity contribution in [2.45, 2.75) is 13.1 Å². The number of alkyl halides is 3. The third-order valence-electron chi connectivity index (χ3n) is 1.94. The Hall–Kier alpha value is -0.715. The fourth-order valence-corrected chi connectivity index (χ4v) is 1.46. The summed E-state index contributed by atoms with van der Waals surface area (Å²) in [6.07, 6.45) is -4.66. The molecule has 7 heteroatoms. The van der Waals surface area contributed by atoms with Crippen LogP contribution in [0.15, 0.2) is 12.1 Å². The molecule has 0 saturated heterocycles. The first-order valence-corrected chi connectivity index (χ1v) is 4.35. The summed E-state index contributed by atoms with van der Waals surface area (Å²) < 4.78 is 37.3. The van der Waals surface area contributed by atoms with Crippen LogP contribution in [0.5, 0.6) is 0 Å². The fraction of sp³-hybridized carbons (Fsp3) is 0.250. The second-order valence-electron chi connectivity index (χ2n) is 3.03. The summed E-state index contributed by atoms with van der Waals surface area (Å²) in [4.78, 5) is 0. The number of halogens is 4. The highest BCUT2D eigenvalue weighted by Gasteiger charge is 2.37.